The summed E-state index contributed by atoms with van der Waals surface area (Å²) in [6.07, 6.45) is 5.61. The van der Waals surface area contributed by atoms with Crippen molar-refractivity contribution in [3.05, 3.63) is 41.5 Å². The van der Waals surface area contributed by atoms with Gasteiger partial charge < -0.3 is 10.1 Å². The van der Waals surface area contributed by atoms with Crippen molar-refractivity contribution in [2.75, 3.05) is 7.11 Å². The van der Waals surface area contributed by atoms with Crippen LogP contribution in [-0.4, -0.2) is 19.1 Å². The topological polar surface area (TPSA) is 38.3 Å². The number of ether oxygens (including phenoxy) is 1. The number of nitrogens with one attached hydrogen (secondary N) is 1. The molecule has 1 aliphatic rings. The lowest BCUT2D eigenvalue weighted by Crippen LogP contribution is -2.39. The lowest BCUT2D eigenvalue weighted by Gasteiger charge is -2.27. The first-order valence-electron chi connectivity index (χ1n) is 8.59. The molecule has 1 unspecified atom stereocenters. The van der Waals surface area contributed by atoms with Crippen LogP contribution < -0.4 is 10.1 Å². The maximum atomic E-state index is 12.2. The van der Waals surface area contributed by atoms with E-state index in [2.05, 4.69) is 36.5 Å². The molecule has 2 aromatic carbocycles. The molecule has 0 fully saturated rings. The van der Waals surface area contributed by atoms with E-state index in [1.54, 1.807) is 7.11 Å². The highest BCUT2D eigenvalue weighted by atomic mass is 16.5. The molecule has 1 amide bonds. The van der Waals surface area contributed by atoms with Crippen LogP contribution in [0.5, 0.6) is 5.75 Å². The highest BCUT2D eigenvalue weighted by molar-refractivity contribution is 5.92. The van der Waals surface area contributed by atoms with Crippen molar-refractivity contribution in [2.24, 2.45) is 0 Å². The lowest BCUT2D eigenvalue weighted by molar-refractivity contribution is -0.121. The van der Waals surface area contributed by atoms with Gasteiger partial charge in [0.1, 0.15) is 5.75 Å². The van der Waals surface area contributed by atoms with Crippen molar-refractivity contribution in [3.63, 3.8) is 0 Å². The van der Waals surface area contributed by atoms with Crippen molar-refractivity contribution in [1.82, 2.24) is 5.32 Å². The third-order valence-corrected chi connectivity index (χ3v) is 4.71. The molecular weight excluding hydrogens is 286 g/mol. The second kappa shape index (κ2) is 7.03. The van der Waals surface area contributed by atoms with Crippen molar-refractivity contribution < 1.29 is 9.53 Å². The molecule has 23 heavy (non-hydrogen) atoms. The summed E-state index contributed by atoms with van der Waals surface area (Å²) in [7, 11) is 1.72. The summed E-state index contributed by atoms with van der Waals surface area (Å²) in [5.74, 6) is 1.10. The fourth-order valence-corrected chi connectivity index (χ4v) is 3.60. The van der Waals surface area contributed by atoms with Crippen molar-refractivity contribution in [1.29, 1.82) is 0 Å². The lowest BCUT2D eigenvalue weighted by atomic mass is 9.85. The van der Waals surface area contributed by atoms with Crippen molar-refractivity contribution in [2.45, 2.75) is 51.5 Å². The minimum atomic E-state index is 0.165. The van der Waals surface area contributed by atoms with Crippen LogP contribution in [0.3, 0.4) is 0 Å². The van der Waals surface area contributed by atoms with E-state index in [4.69, 9.17) is 4.74 Å². The van der Waals surface area contributed by atoms with Gasteiger partial charge in [0, 0.05) is 18.0 Å². The smallest absolute Gasteiger partial charge is 0.220 e. The van der Waals surface area contributed by atoms with E-state index < -0.39 is 0 Å². The van der Waals surface area contributed by atoms with Gasteiger partial charge in [0.05, 0.1) is 7.11 Å². The SMILES string of the molecule is CCCCCC(=O)NC1Cc2cccc3ccc(OC)c(c23)C1. The first kappa shape index (κ1) is 15.9. The van der Waals surface area contributed by atoms with Crippen molar-refractivity contribution >= 4 is 16.7 Å². The van der Waals surface area contributed by atoms with Gasteiger partial charge in [-0.05, 0) is 41.7 Å². The van der Waals surface area contributed by atoms with Gasteiger partial charge in [0.15, 0.2) is 0 Å². The predicted molar refractivity (Wildman–Crippen MR) is 94.0 cm³/mol. The van der Waals surface area contributed by atoms with Crippen LogP contribution in [0.15, 0.2) is 30.3 Å². The van der Waals surface area contributed by atoms with Crippen LogP contribution in [0.25, 0.3) is 10.8 Å². The third-order valence-electron chi connectivity index (χ3n) is 4.71. The molecule has 0 spiro atoms. The van der Waals surface area contributed by atoms with Gasteiger partial charge in [-0.1, -0.05) is 44.0 Å². The Balaban J connectivity index is 1.80. The standard InChI is InChI=1S/C20H25NO2/c1-3-4-5-9-19(22)21-16-12-15-8-6-7-14-10-11-18(23-2)17(13-16)20(14)15/h6-8,10-11,16H,3-5,9,12-13H2,1-2H3,(H,21,22). The van der Waals surface area contributed by atoms with E-state index in [1.807, 2.05) is 6.07 Å². The van der Waals surface area contributed by atoms with E-state index in [9.17, 15) is 4.79 Å². The monoisotopic (exact) mass is 311 g/mol. The summed E-state index contributed by atoms with van der Waals surface area (Å²) in [5.41, 5.74) is 2.53. The Hall–Kier alpha value is -2.03. The number of amides is 1. The fourth-order valence-electron chi connectivity index (χ4n) is 3.60. The van der Waals surface area contributed by atoms with Crippen LogP contribution in [0, 0.1) is 0 Å². The van der Waals surface area contributed by atoms with Crippen LogP contribution in [-0.2, 0) is 17.6 Å². The molecule has 2 aromatic rings. The molecule has 0 saturated carbocycles. The summed E-state index contributed by atoms with van der Waals surface area (Å²) >= 11 is 0. The van der Waals surface area contributed by atoms with Gasteiger partial charge in [0.2, 0.25) is 5.91 Å². The summed E-state index contributed by atoms with van der Waals surface area (Å²) in [6, 6.07) is 10.7. The zero-order chi connectivity index (χ0) is 16.2. The highest BCUT2D eigenvalue weighted by Gasteiger charge is 2.24. The molecule has 3 nitrogen and oxygen atoms in total. The zero-order valence-corrected chi connectivity index (χ0v) is 14.0. The number of unbranched alkanes of at least 4 members (excludes halogenated alkanes) is 2. The van der Waals surface area contributed by atoms with E-state index in [1.165, 1.54) is 21.9 Å². The Morgan fingerprint density at radius 3 is 2.87 bits per heavy atom. The Bertz CT molecular complexity index is 708. The Morgan fingerprint density at radius 1 is 1.22 bits per heavy atom. The first-order valence-corrected chi connectivity index (χ1v) is 8.59. The zero-order valence-electron chi connectivity index (χ0n) is 14.0. The molecular formula is C20H25NO2. The molecule has 3 heteroatoms. The maximum absolute atomic E-state index is 12.2. The largest absolute Gasteiger partial charge is 0.496 e. The molecule has 0 heterocycles. The molecule has 0 aliphatic heterocycles. The van der Waals surface area contributed by atoms with Gasteiger partial charge >= 0.3 is 0 Å². The molecule has 122 valence electrons. The Kier molecular flexibility index (Phi) is 4.85. The summed E-state index contributed by atoms with van der Waals surface area (Å²) in [4.78, 5) is 12.2. The molecule has 1 atom stereocenters. The molecule has 0 radical (unpaired) electrons. The van der Waals surface area contributed by atoms with Gasteiger partial charge in [0.25, 0.3) is 0 Å². The highest BCUT2D eigenvalue weighted by Crippen LogP contribution is 2.35. The second-order valence-corrected chi connectivity index (χ2v) is 6.39. The van der Waals surface area contributed by atoms with Gasteiger partial charge in [-0.2, -0.15) is 0 Å². The molecule has 0 aromatic heterocycles. The normalized spacial score (nSPS) is 16.3. The summed E-state index contributed by atoms with van der Waals surface area (Å²) in [5, 5.41) is 5.78. The average Bonchev–Trinajstić information content (AvgIpc) is 2.55. The number of rotatable bonds is 6. The predicted octanol–water partition coefficient (Wildman–Crippen LogP) is 4.01. The Morgan fingerprint density at radius 2 is 2.09 bits per heavy atom. The minimum absolute atomic E-state index is 0.165. The molecule has 1 aliphatic carbocycles. The average molecular weight is 311 g/mol. The number of hydrogen-bond acceptors (Lipinski definition) is 2. The molecule has 3 rings (SSSR count). The molecule has 0 saturated heterocycles. The molecule has 1 N–H and O–H groups in total. The van der Waals surface area contributed by atoms with Gasteiger partial charge in [-0.3, -0.25) is 4.79 Å². The summed E-state index contributed by atoms with van der Waals surface area (Å²) < 4.78 is 5.55. The summed E-state index contributed by atoms with van der Waals surface area (Å²) in [6.45, 7) is 2.16. The molecule has 0 bridgehead atoms. The number of benzene rings is 2. The van der Waals surface area contributed by atoms with Crippen molar-refractivity contribution in [3.8, 4) is 5.75 Å². The van der Waals surface area contributed by atoms with E-state index >= 15 is 0 Å². The van der Waals surface area contributed by atoms with Crippen LogP contribution >= 0.6 is 0 Å². The number of hydrogen-bond donors (Lipinski definition) is 1. The Labute approximate surface area is 138 Å². The van der Waals surface area contributed by atoms with E-state index in [0.29, 0.717) is 6.42 Å². The van der Waals surface area contributed by atoms with Crippen LogP contribution in [0.2, 0.25) is 0 Å². The maximum Gasteiger partial charge on any atom is 0.220 e. The van der Waals surface area contributed by atoms with E-state index in [-0.39, 0.29) is 11.9 Å². The van der Waals surface area contributed by atoms with Crippen LogP contribution in [0.1, 0.15) is 43.7 Å². The second-order valence-electron chi connectivity index (χ2n) is 6.39. The van der Waals surface area contributed by atoms with Crippen LogP contribution in [0.4, 0.5) is 0 Å². The number of carbonyl (C=O) groups is 1. The van der Waals surface area contributed by atoms with E-state index in [0.717, 1.165) is 37.9 Å². The third kappa shape index (κ3) is 3.34. The number of methoxy groups -OCH3 is 1. The quantitative estimate of drug-likeness (QED) is 0.819. The van der Waals surface area contributed by atoms with Gasteiger partial charge in [-0.15, -0.1) is 0 Å². The number of carbonyl (C=O) groups excluding carboxylic acids is 1. The minimum Gasteiger partial charge on any atom is -0.496 e. The fraction of sp³-hybridized carbons (Fsp3) is 0.450. The first-order chi connectivity index (χ1) is 11.2. The van der Waals surface area contributed by atoms with Gasteiger partial charge in [-0.25, -0.2) is 0 Å².